The highest BCUT2D eigenvalue weighted by Gasteiger charge is 2.33. The lowest BCUT2D eigenvalue weighted by Crippen LogP contribution is -2.54. The largest absolute Gasteiger partial charge is 0.350 e. The molecule has 0 unspecified atom stereocenters. The van der Waals surface area contributed by atoms with Crippen molar-refractivity contribution in [3.05, 3.63) is 95.3 Å². The van der Waals surface area contributed by atoms with Crippen LogP contribution in [0.3, 0.4) is 0 Å². The van der Waals surface area contributed by atoms with E-state index in [1.165, 1.54) is 35.2 Å². The lowest BCUT2D eigenvalue weighted by molar-refractivity contribution is -0.140. The van der Waals surface area contributed by atoms with E-state index in [1.54, 1.807) is 49.4 Å². The summed E-state index contributed by atoms with van der Waals surface area (Å²) in [6, 6.07) is 18.0. The average Bonchev–Trinajstić information content (AvgIpc) is 2.87. The van der Waals surface area contributed by atoms with Gasteiger partial charge in [0.05, 0.1) is 10.6 Å². The third-order valence-electron chi connectivity index (χ3n) is 6.35. The molecule has 0 aliphatic heterocycles. The third kappa shape index (κ3) is 7.44. The number of carbonyl (C=O) groups is 2. The Kier molecular flexibility index (Phi) is 9.17. The maximum absolute atomic E-state index is 14.6. The van der Waals surface area contributed by atoms with Gasteiger partial charge < -0.3 is 10.2 Å². The SMILES string of the molecule is Cc1ccc(N(CC(=O)N(Cc2ccccc2F)[C@@H](C)C(=O)NC(C)(C)C)S(=O)(=O)c2ccccc2)cc1C. The molecule has 1 N–H and O–H groups in total. The number of benzene rings is 3. The van der Waals surface area contributed by atoms with Crippen LogP contribution in [0.15, 0.2) is 77.7 Å². The highest BCUT2D eigenvalue weighted by molar-refractivity contribution is 7.92. The maximum Gasteiger partial charge on any atom is 0.264 e. The van der Waals surface area contributed by atoms with Crippen molar-refractivity contribution in [2.75, 3.05) is 10.8 Å². The van der Waals surface area contributed by atoms with E-state index >= 15 is 0 Å². The molecule has 0 bridgehead atoms. The van der Waals surface area contributed by atoms with Gasteiger partial charge in [-0.05, 0) is 83.0 Å². The van der Waals surface area contributed by atoms with Gasteiger partial charge in [0.15, 0.2) is 0 Å². The van der Waals surface area contributed by atoms with Crippen LogP contribution in [0.4, 0.5) is 10.1 Å². The van der Waals surface area contributed by atoms with E-state index in [4.69, 9.17) is 0 Å². The third-order valence-corrected chi connectivity index (χ3v) is 8.14. The molecular formula is C30H36FN3O4S. The fourth-order valence-corrected chi connectivity index (χ4v) is 5.42. The minimum atomic E-state index is -4.16. The smallest absolute Gasteiger partial charge is 0.264 e. The Hall–Kier alpha value is -3.72. The van der Waals surface area contributed by atoms with Gasteiger partial charge in [-0.2, -0.15) is 0 Å². The number of anilines is 1. The molecule has 7 nitrogen and oxygen atoms in total. The quantitative estimate of drug-likeness (QED) is 0.405. The van der Waals surface area contributed by atoms with Gasteiger partial charge in [0.1, 0.15) is 18.4 Å². The zero-order valence-corrected chi connectivity index (χ0v) is 24.0. The van der Waals surface area contributed by atoms with Gasteiger partial charge in [0.2, 0.25) is 11.8 Å². The first-order valence-corrected chi connectivity index (χ1v) is 14.1. The molecule has 1 atom stereocenters. The maximum atomic E-state index is 14.6. The molecule has 0 fully saturated rings. The lowest BCUT2D eigenvalue weighted by atomic mass is 10.1. The summed E-state index contributed by atoms with van der Waals surface area (Å²) in [4.78, 5) is 28.2. The van der Waals surface area contributed by atoms with Crippen LogP contribution in [0.25, 0.3) is 0 Å². The molecule has 0 aliphatic rings. The van der Waals surface area contributed by atoms with Crippen LogP contribution in [-0.4, -0.2) is 43.3 Å². The summed E-state index contributed by atoms with van der Waals surface area (Å²) in [5.41, 5.74) is 1.78. The van der Waals surface area contributed by atoms with Crippen molar-refractivity contribution in [1.82, 2.24) is 10.2 Å². The number of hydrogen-bond donors (Lipinski definition) is 1. The zero-order chi connectivity index (χ0) is 29.0. The number of halogens is 1. The van der Waals surface area contributed by atoms with Gasteiger partial charge >= 0.3 is 0 Å². The second kappa shape index (κ2) is 12.0. The van der Waals surface area contributed by atoms with E-state index in [0.717, 1.165) is 15.4 Å². The summed E-state index contributed by atoms with van der Waals surface area (Å²) in [5, 5.41) is 2.85. The summed E-state index contributed by atoms with van der Waals surface area (Å²) >= 11 is 0. The molecule has 39 heavy (non-hydrogen) atoms. The Balaban J connectivity index is 2.06. The number of amides is 2. The Morgan fingerprint density at radius 1 is 0.923 bits per heavy atom. The average molecular weight is 554 g/mol. The number of nitrogens with zero attached hydrogens (tertiary/aromatic N) is 2. The molecule has 0 heterocycles. The molecule has 0 spiro atoms. The fraction of sp³-hybridized carbons (Fsp3) is 0.333. The van der Waals surface area contributed by atoms with Crippen molar-refractivity contribution in [2.24, 2.45) is 0 Å². The summed E-state index contributed by atoms with van der Waals surface area (Å²) < 4.78 is 43.3. The van der Waals surface area contributed by atoms with Crippen molar-refractivity contribution >= 4 is 27.5 Å². The van der Waals surface area contributed by atoms with Crippen LogP contribution < -0.4 is 9.62 Å². The first-order chi connectivity index (χ1) is 18.2. The summed E-state index contributed by atoms with van der Waals surface area (Å²) in [6.45, 7) is 9.96. The summed E-state index contributed by atoms with van der Waals surface area (Å²) in [7, 11) is -4.16. The molecule has 9 heteroatoms. The van der Waals surface area contributed by atoms with Crippen LogP contribution >= 0.6 is 0 Å². The first kappa shape index (κ1) is 29.8. The van der Waals surface area contributed by atoms with Crippen LogP contribution in [0, 0.1) is 19.7 Å². The topological polar surface area (TPSA) is 86.8 Å². The van der Waals surface area contributed by atoms with Crippen molar-refractivity contribution in [3.8, 4) is 0 Å². The number of hydrogen-bond acceptors (Lipinski definition) is 4. The molecule has 0 aromatic heterocycles. The second-order valence-corrected chi connectivity index (χ2v) is 12.5. The van der Waals surface area contributed by atoms with Gasteiger partial charge in [-0.15, -0.1) is 0 Å². The Bertz CT molecular complexity index is 1440. The highest BCUT2D eigenvalue weighted by atomic mass is 32.2. The number of rotatable bonds is 9. The number of aryl methyl sites for hydroxylation is 2. The Morgan fingerprint density at radius 2 is 1.54 bits per heavy atom. The lowest BCUT2D eigenvalue weighted by Gasteiger charge is -2.33. The van der Waals surface area contributed by atoms with E-state index < -0.39 is 45.8 Å². The Labute approximate surface area is 230 Å². The van der Waals surface area contributed by atoms with E-state index in [2.05, 4.69) is 5.32 Å². The van der Waals surface area contributed by atoms with E-state index in [-0.39, 0.29) is 17.0 Å². The molecule has 0 saturated carbocycles. The first-order valence-electron chi connectivity index (χ1n) is 12.7. The second-order valence-electron chi connectivity index (χ2n) is 10.6. The molecule has 3 rings (SSSR count). The number of sulfonamides is 1. The molecule has 3 aromatic carbocycles. The zero-order valence-electron chi connectivity index (χ0n) is 23.2. The van der Waals surface area contributed by atoms with Crippen LogP contribution in [-0.2, 0) is 26.2 Å². The number of nitrogens with one attached hydrogen (secondary N) is 1. The van der Waals surface area contributed by atoms with Gasteiger partial charge in [-0.25, -0.2) is 12.8 Å². The Morgan fingerprint density at radius 3 is 2.13 bits per heavy atom. The molecule has 208 valence electrons. The normalized spacial score (nSPS) is 12.5. The van der Waals surface area contributed by atoms with Gasteiger partial charge in [0, 0.05) is 17.6 Å². The van der Waals surface area contributed by atoms with Crippen LogP contribution in [0.2, 0.25) is 0 Å². The number of carbonyl (C=O) groups excluding carboxylic acids is 2. The van der Waals surface area contributed by atoms with Gasteiger partial charge in [-0.3, -0.25) is 13.9 Å². The minimum absolute atomic E-state index is 0.0233. The van der Waals surface area contributed by atoms with Crippen molar-refractivity contribution in [3.63, 3.8) is 0 Å². The molecule has 3 aromatic rings. The fourth-order valence-electron chi connectivity index (χ4n) is 4.00. The van der Waals surface area contributed by atoms with Crippen LogP contribution in [0.5, 0.6) is 0 Å². The van der Waals surface area contributed by atoms with Gasteiger partial charge in [-0.1, -0.05) is 42.5 Å². The molecule has 0 radical (unpaired) electrons. The molecule has 0 aliphatic carbocycles. The van der Waals surface area contributed by atoms with E-state index in [9.17, 15) is 22.4 Å². The van der Waals surface area contributed by atoms with Gasteiger partial charge in [0.25, 0.3) is 10.0 Å². The van der Waals surface area contributed by atoms with Crippen molar-refractivity contribution in [1.29, 1.82) is 0 Å². The summed E-state index contributed by atoms with van der Waals surface area (Å²) in [5.74, 6) is -1.61. The van der Waals surface area contributed by atoms with E-state index in [0.29, 0.717) is 5.69 Å². The monoisotopic (exact) mass is 553 g/mol. The van der Waals surface area contributed by atoms with Crippen LogP contribution in [0.1, 0.15) is 44.4 Å². The predicted octanol–water partition coefficient (Wildman–Crippen LogP) is 4.97. The minimum Gasteiger partial charge on any atom is -0.350 e. The summed E-state index contributed by atoms with van der Waals surface area (Å²) in [6.07, 6.45) is 0. The molecule has 0 saturated heterocycles. The molecule has 2 amide bonds. The standard InChI is InChI=1S/C30H36FN3O4S/c1-21-16-17-25(18-22(21)2)34(39(37,38)26-13-8-7-9-14-26)20-28(35)33(19-24-12-10-11-15-27(24)31)23(3)29(36)32-30(4,5)6/h7-18,23H,19-20H2,1-6H3,(H,32,36)/t23-/m0/s1. The van der Waals surface area contributed by atoms with Crippen molar-refractivity contribution < 1.29 is 22.4 Å². The molecular weight excluding hydrogens is 517 g/mol. The predicted molar refractivity (Wildman–Crippen MR) is 151 cm³/mol. The highest BCUT2D eigenvalue weighted by Crippen LogP contribution is 2.26. The van der Waals surface area contributed by atoms with Crippen molar-refractivity contribution in [2.45, 2.75) is 64.6 Å². The van der Waals surface area contributed by atoms with E-state index in [1.807, 2.05) is 34.6 Å².